The first-order valence-electron chi connectivity index (χ1n) is 4.33. The van der Waals surface area contributed by atoms with E-state index in [1.807, 2.05) is 6.07 Å². The molecule has 64 valence electrons. The van der Waals surface area contributed by atoms with E-state index in [4.69, 9.17) is 10.8 Å². The van der Waals surface area contributed by atoms with Crippen molar-refractivity contribution in [2.24, 2.45) is 5.92 Å². The zero-order valence-corrected chi connectivity index (χ0v) is 6.96. The second-order valence-electron chi connectivity index (χ2n) is 3.53. The van der Waals surface area contributed by atoms with Gasteiger partial charge in [-0.25, -0.2) is 0 Å². The SMILES string of the molecule is Nc1cc(O)ccc1CC1CC1. The quantitative estimate of drug-likeness (QED) is 0.654. The van der Waals surface area contributed by atoms with Crippen molar-refractivity contribution in [1.82, 2.24) is 0 Å². The predicted molar refractivity (Wildman–Crippen MR) is 48.9 cm³/mol. The Morgan fingerprint density at radius 1 is 1.42 bits per heavy atom. The Bertz CT molecular complexity index is 292. The summed E-state index contributed by atoms with van der Waals surface area (Å²) in [5.41, 5.74) is 7.64. The van der Waals surface area contributed by atoms with E-state index in [0.29, 0.717) is 0 Å². The largest absolute Gasteiger partial charge is 0.508 e. The summed E-state index contributed by atoms with van der Waals surface area (Å²) < 4.78 is 0. The predicted octanol–water partition coefficient (Wildman–Crippen LogP) is 1.93. The number of nitrogen functional groups attached to an aromatic ring is 1. The molecular weight excluding hydrogens is 150 g/mol. The average Bonchev–Trinajstić information content (AvgIpc) is 2.79. The lowest BCUT2D eigenvalue weighted by atomic mass is 10.1. The molecule has 1 aromatic carbocycles. The lowest BCUT2D eigenvalue weighted by molar-refractivity contribution is 0.475. The van der Waals surface area contributed by atoms with E-state index in [2.05, 4.69) is 0 Å². The van der Waals surface area contributed by atoms with Gasteiger partial charge >= 0.3 is 0 Å². The monoisotopic (exact) mass is 163 g/mol. The van der Waals surface area contributed by atoms with Crippen LogP contribution in [0.15, 0.2) is 18.2 Å². The van der Waals surface area contributed by atoms with Crippen molar-refractivity contribution in [2.45, 2.75) is 19.3 Å². The second kappa shape index (κ2) is 2.70. The van der Waals surface area contributed by atoms with Crippen LogP contribution in [-0.2, 0) is 6.42 Å². The van der Waals surface area contributed by atoms with Crippen molar-refractivity contribution in [1.29, 1.82) is 0 Å². The van der Waals surface area contributed by atoms with Crippen LogP contribution in [0.3, 0.4) is 0 Å². The molecule has 0 radical (unpaired) electrons. The fraction of sp³-hybridized carbons (Fsp3) is 0.400. The minimum absolute atomic E-state index is 0.257. The zero-order chi connectivity index (χ0) is 8.55. The van der Waals surface area contributed by atoms with Gasteiger partial charge < -0.3 is 10.8 Å². The molecule has 0 unspecified atom stereocenters. The first-order chi connectivity index (χ1) is 5.75. The standard InChI is InChI=1S/C10H13NO/c11-10-6-9(12)4-3-8(10)5-7-1-2-7/h3-4,6-7,12H,1-2,5,11H2. The van der Waals surface area contributed by atoms with Crippen molar-refractivity contribution in [2.75, 3.05) is 5.73 Å². The van der Waals surface area contributed by atoms with Crippen LogP contribution in [0.5, 0.6) is 5.75 Å². The third kappa shape index (κ3) is 1.52. The van der Waals surface area contributed by atoms with E-state index in [0.717, 1.165) is 18.0 Å². The summed E-state index contributed by atoms with van der Waals surface area (Å²) >= 11 is 0. The molecule has 2 nitrogen and oxygen atoms in total. The van der Waals surface area contributed by atoms with E-state index < -0.39 is 0 Å². The summed E-state index contributed by atoms with van der Waals surface area (Å²) in [6, 6.07) is 5.24. The number of aromatic hydroxyl groups is 1. The Morgan fingerprint density at radius 3 is 2.75 bits per heavy atom. The third-order valence-corrected chi connectivity index (χ3v) is 2.33. The Morgan fingerprint density at radius 2 is 2.17 bits per heavy atom. The maximum Gasteiger partial charge on any atom is 0.117 e. The lowest BCUT2D eigenvalue weighted by Gasteiger charge is -2.04. The molecule has 1 aromatic rings. The summed E-state index contributed by atoms with van der Waals surface area (Å²) in [5, 5.41) is 9.11. The van der Waals surface area contributed by atoms with Gasteiger partial charge in [0.2, 0.25) is 0 Å². The van der Waals surface area contributed by atoms with Gasteiger partial charge in [0.1, 0.15) is 5.75 Å². The number of rotatable bonds is 2. The lowest BCUT2D eigenvalue weighted by Crippen LogP contribution is -1.94. The summed E-state index contributed by atoms with van der Waals surface area (Å²) in [7, 11) is 0. The van der Waals surface area contributed by atoms with E-state index in [-0.39, 0.29) is 5.75 Å². The number of phenolic OH excluding ortho intramolecular Hbond substituents is 1. The summed E-state index contributed by atoms with van der Waals surface area (Å²) in [6.45, 7) is 0. The van der Waals surface area contributed by atoms with Crippen LogP contribution in [0.4, 0.5) is 5.69 Å². The third-order valence-electron chi connectivity index (χ3n) is 2.33. The highest BCUT2D eigenvalue weighted by molar-refractivity contribution is 5.51. The minimum atomic E-state index is 0.257. The highest BCUT2D eigenvalue weighted by atomic mass is 16.3. The van der Waals surface area contributed by atoms with E-state index in [1.165, 1.54) is 18.4 Å². The Labute approximate surface area is 72.0 Å². The molecule has 0 saturated heterocycles. The van der Waals surface area contributed by atoms with Gasteiger partial charge in [-0.1, -0.05) is 6.07 Å². The minimum Gasteiger partial charge on any atom is -0.508 e. The highest BCUT2D eigenvalue weighted by Gasteiger charge is 2.22. The normalized spacial score (nSPS) is 16.3. The van der Waals surface area contributed by atoms with Gasteiger partial charge in [-0.2, -0.15) is 0 Å². The Kier molecular flexibility index (Phi) is 1.68. The smallest absolute Gasteiger partial charge is 0.117 e. The van der Waals surface area contributed by atoms with Gasteiger partial charge in [-0.05, 0) is 36.8 Å². The van der Waals surface area contributed by atoms with Crippen LogP contribution < -0.4 is 5.73 Å². The average molecular weight is 163 g/mol. The molecule has 0 aliphatic heterocycles. The highest BCUT2D eigenvalue weighted by Crippen LogP contribution is 2.34. The van der Waals surface area contributed by atoms with Gasteiger partial charge in [-0.3, -0.25) is 0 Å². The number of benzene rings is 1. The fourth-order valence-electron chi connectivity index (χ4n) is 1.40. The topological polar surface area (TPSA) is 46.2 Å². The molecule has 1 saturated carbocycles. The molecule has 0 amide bonds. The number of anilines is 1. The van der Waals surface area contributed by atoms with Crippen molar-refractivity contribution in [3.8, 4) is 5.75 Å². The molecule has 0 atom stereocenters. The first kappa shape index (κ1) is 7.47. The van der Waals surface area contributed by atoms with Crippen LogP contribution in [0, 0.1) is 5.92 Å². The number of phenols is 1. The molecular formula is C10H13NO. The van der Waals surface area contributed by atoms with Gasteiger partial charge in [0.25, 0.3) is 0 Å². The molecule has 0 aromatic heterocycles. The second-order valence-corrected chi connectivity index (χ2v) is 3.53. The van der Waals surface area contributed by atoms with Crippen LogP contribution >= 0.6 is 0 Å². The molecule has 0 spiro atoms. The van der Waals surface area contributed by atoms with Crippen molar-refractivity contribution in [3.63, 3.8) is 0 Å². The van der Waals surface area contributed by atoms with Crippen molar-refractivity contribution in [3.05, 3.63) is 23.8 Å². The molecule has 12 heavy (non-hydrogen) atoms. The summed E-state index contributed by atoms with van der Waals surface area (Å²) in [5.74, 6) is 1.10. The van der Waals surface area contributed by atoms with E-state index in [1.54, 1.807) is 12.1 Å². The summed E-state index contributed by atoms with van der Waals surface area (Å²) in [6.07, 6.45) is 3.74. The molecule has 1 aliphatic rings. The number of nitrogens with two attached hydrogens (primary N) is 1. The zero-order valence-electron chi connectivity index (χ0n) is 6.96. The van der Waals surface area contributed by atoms with Crippen molar-refractivity contribution >= 4 is 5.69 Å². The molecule has 0 bridgehead atoms. The number of hydrogen-bond donors (Lipinski definition) is 2. The van der Waals surface area contributed by atoms with Gasteiger partial charge in [0, 0.05) is 11.8 Å². The molecule has 2 rings (SSSR count). The summed E-state index contributed by atoms with van der Waals surface area (Å²) in [4.78, 5) is 0. The Balaban J connectivity index is 2.18. The van der Waals surface area contributed by atoms with Crippen molar-refractivity contribution < 1.29 is 5.11 Å². The Hall–Kier alpha value is -1.18. The van der Waals surface area contributed by atoms with E-state index in [9.17, 15) is 0 Å². The maximum atomic E-state index is 9.11. The van der Waals surface area contributed by atoms with Crippen LogP contribution in [-0.4, -0.2) is 5.11 Å². The fourth-order valence-corrected chi connectivity index (χ4v) is 1.40. The molecule has 3 N–H and O–H groups in total. The van der Waals surface area contributed by atoms with Crippen LogP contribution in [0.1, 0.15) is 18.4 Å². The maximum absolute atomic E-state index is 9.11. The molecule has 1 aliphatic carbocycles. The van der Waals surface area contributed by atoms with Gasteiger partial charge in [0.05, 0.1) is 0 Å². The molecule has 0 heterocycles. The van der Waals surface area contributed by atoms with Crippen LogP contribution in [0.2, 0.25) is 0 Å². The molecule has 1 fully saturated rings. The van der Waals surface area contributed by atoms with E-state index >= 15 is 0 Å². The van der Waals surface area contributed by atoms with Gasteiger partial charge in [-0.15, -0.1) is 0 Å². The first-order valence-corrected chi connectivity index (χ1v) is 4.33. The molecule has 2 heteroatoms. The number of hydrogen-bond acceptors (Lipinski definition) is 2. The van der Waals surface area contributed by atoms with Gasteiger partial charge in [0.15, 0.2) is 0 Å². The van der Waals surface area contributed by atoms with Crippen LogP contribution in [0.25, 0.3) is 0 Å².